The Balaban J connectivity index is 2.57. The molecule has 0 N–H and O–H groups in total. The number of carbonyl (C=O) groups excluding carboxylic acids is 1. The van der Waals surface area contributed by atoms with E-state index < -0.39 is 0 Å². The monoisotopic (exact) mass is 269 g/mol. The molecule has 0 aliphatic carbocycles. The molecule has 0 spiro atoms. The van der Waals surface area contributed by atoms with Gasteiger partial charge in [0.2, 0.25) is 0 Å². The van der Waals surface area contributed by atoms with E-state index >= 15 is 0 Å². The molecule has 0 atom stereocenters. The van der Waals surface area contributed by atoms with Gasteiger partial charge in [0.25, 0.3) is 0 Å². The Morgan fingerprint density at radius 1 is 1.41 bits per heavy atom. The van der Waals surface area contributed by atoms with Crippen LogP contribution >= 0.6 is 23.2 Å². The summed E-state index contributed by atoms with van der Waals surface area (Å²) in [5.74, 6) is -0.00544. The number of rotatable bonds is 3. The number of ketones is 1. The van der Waals surface area contributed by atoms with Gasteiger partial charge in [-0.3, -0.25) is 4.79 Å². The largest absolute Gasteiger partial charge is 0.294 e. The predicted octanol–water partition coefficient (Wildman–Crippen LogP) is 3.17. The molecule has 0 aliphatic rings. The Labute approximate surface area is 108 Å². The number of hydrogen-bond donors (Lipinski definition) is 0. The number of benzene rings is 1. The summed E-state index contributed by atoms with van der Waals surface area (Å²) < 4.78 is 1.46. The molecule has 0 amide bonds. The summed E-state index contributed by atoms with van der Waals surface area (Å²) in [6, 6.07) is 5.04. The molecule has 0 bridgehead atoms. The maximum absolute atomic E-state index is 11.8. The maximum atomic E-state index is 11.8. The van der Waals surface area contributed by atoms with Crippen molar-refractivity contribution >= 4 is 29.0 Å². The summed E-state index contributed by atoms with van der Waals surface area (Å²) in [6.07, 6.45) is 1.94. The first-order chi connectivity index (χ1) is 8.11. The number of hydrogen-bond acceptors (Lipinski definition) is 3. The molecule has 1 aromatic heterocycles. The predicted molar refractivity (Wildman–Crippen MR) is 66.0 cm³/mol. The van der Waals surface area contributed by atoms with Crippen LogP contribution in [0.25, 0.3) is 5.69 Å². The number of carbonyl (C=O) groups is 1. The fraction of sp³-hybridized carbons (Fsp3) is 0.182. The van der Waals surface area contributed by atoms with Crippen LogP contribution in [-0.4, -0.2) is 20.8 Å². The van der Waals surface area contributed by atoms with Gasteiger partial charge in [-0.2, -0.15) is 0 Å². The zero-order valence-electron chi connectivity index (χ0n) is 9.02. The molecule has 0 fully saturated rings. The van der Waals surface area contributed by atoms with Crippen molar-refractivity contribution in [2.45, 2.75) is 13.3 Å². The summed E-state index contributed by atoms with van der Waals surface area (Å²) in [7, 11) is 0. The van der Waals surface area contributed by atoms with Crippen LogP contribution in [0, 0.1) is 0 Å². The molecular weight excluding hydrogens is 261 g/mol. The van der Waals surface area contributed by atoms with Crippen LogP contribution in [0.5, 0.6) is 0 Å². The van der Waals surface area contributed by atoms with Crippen molar-refractivity contribution in [1.82, 2.24) is 15.0 Å². The molecule has 2 aromatic rings. The van der Waals surface area contributed by atoms with Gasteiger partial charge in [0, 0.05) is 17.0 Å². The van der Waals surface area contributed by atoms with Crippen molar-refractivity contribution in [3.05, 3.63) is 40.1 Å². The minimum absolute atomic E-state index is 0.00544. The van der Waals surface area contributed by atoms with Crippen LogP contribution in [0.4, 0.5) is 0 Å². The fourth-order valence-electron chi connectivity index (χ4n) is 1.48. The highest BCUT2D eigenvalue weighted by atomic mass is 35.5. The molecule has 0 unspecified atom stereocenters. The third-order valence-electron chi connectivity index (χ3n) is 2.29. The van der Waals surface area contributed by atoms with E-state index in [1.54, 1.807) is 25.1 Å². The van der Waals surface area contributed by atoms with Crippen LogP contribution in [0.1, 0.15) is 23.7 Å². The topological polar surface area (TPSA) is 47.8 Å². The third kappa shape index (κ3) is 2.48. The SMILES string of the molecule is CCC(=O)c1cc(Cl)ccc1-n1cc(Cl)nn1. The second kappa shape index (κ2) is 4.85. The Hall–Kier alpha value is -1.39. The lowest BCUT2D eigenvalue weighted by Gasteiger charge is -2.07. The highest BCUT2D eigenvalue weighted by Gasteiger charge is 2.13. The van der Waals surface area contributed by atoms with Gasteiger partial charge in [-0.25, -0.2) is 4.68 Å². The van der Waals surface area contributed by atoms with Gasteiger partial charge in [-0.05, 0) is 18.2 Å². The molecular formula is C11H9Cl2N3O. The lowest BCUT2D eigenvalue weighted by atomic mass is 10.1. The van der Waals surface area contributed by atoms with Crippen molar-refractivity contribution in [3.63, 3.8) is 0 Å². The highest BCUT2D eigenvalue weighted by Crippen LogP contribution is 2.21. The summed E-state index contributed by atoms with van der Waals surface area (Å²) >= 11 is 11.6. The van der Waals surface area contributed by atoms with Gasteiger partial charge in [0.05, 0.1) is 11.9 Å². The van der Waals surface area contributed by atoms with Crippen molar-refractivity contribution in [3.8, 4) is 5.69 Å². The average molecular weight is 270 g/mol. The van der Waals surface area contributed by atoms with Gasteiger partial charge in [0.15, 0.2) is 10.9 Å². The molecule has 2 rings (SSSR count). The smallest absolute Gasteiger partial charge is 0.171 e. The zero-order valence-corrected chi connectivity index (χ0v) is 10.5. The second-order valence-corrected chi connectivity index (χ2v) is 4.25. The van der Waals surface area contributed by atoms with E-state index in [1.165, 1.54) is 10.9 Å². The van der Waals surface area contributed by atoms with E-state index in [2.05, 4.69) is 10.3 Å². The standard InChI is InChI=1S/C11H9Cl2N3O/c1-2-10(17)8-5-7(12)3-4-9(8)16-6-11(13)14-15-16/h3-6H,2H2,1H3. The Morgan fingerprint density at radius 3 is 2.76 bits per heavy atom. The summed E-state index contributed by atoms with van der Waals surface area (Å²) in [5, 5.41) is 8.29. The first kappa shape index (κ1) is 12.1. The second-order valence-electron chi connectivity index (χ2n) is 3.42. The normalized spacial score (nSPS) is 10.5. The van der Waals surface area contributed by atoms with E-state index in [0.717, 1.165) is 0 Å². The zero-order chi connectivity index (χ0) is 12.4. The first-order valence-corrected chi connectivity index (χ1v) is 5.78. The minimum atomic E-state index is -0.00544. The van der Waals surface area contributed by atoms with Gasteiger partial charge in [-0.15, -0.1) is 5.10 Å². The lowest BCUT2D eigenvalue weighted by molar-refractivity contribution is 0.0988. The maximum Gasteiger partial charge on any atom is 0.171 e. The van der Waals surface area contributed by atoms with E-state index in [1.807, 2.05) is 0 Å². The van der Waals surface area contributed by atoms with Crippen molar-refractivity contribution < 1.29 is 4.79 Å². The van der Waals surface area contributed by atoms with E-state index in [9.17, 15) is 4.79 Å². The Kier molecular flexibility index (Phi) is 3.45. The van der Waals surface area contributed by atoms with Crippen molar-refractivity contribution in [2.24, 2.45) is 0 Å². The molecule has 0 saturated carbocycles. The van der Waals surface area contributed by atoms with E-state index in [0.29, 0.717) is 22.7 Å². The van der Waals surface area contributed by atoms with Crippen LogP contribution in [-0.2, 0) is 0 Å². The Morgan fingerprint density at radius 2 is 2.18 bits per heavy atom. The first-order valence-electron chi connectivity index (χ1n) is 5.02. The quantitative estimate of drug-likeness (QED) is 0.805. The molecule has 1 aromatic carbocycles. The van der Waals surface area contributed by atoms with Gasteiger partial charge in [0.1, 0.15) is 0 Å². The van der Waals surface area contributed by atoms with Gasteiger partial charge in [-0.1, -0.05) is 35.3 Å². The lowest BCUT2D eigenvalue weighted by Crippen LogP contribution is -2.06. The number of aromatic nitrogens is 3. The molecule has 88 valence electrons. The van der Waals surface area contributed by atoms with E-state index in [-0.39, 0.29) is 10.9 Å². The molecule has 6 heteroatoms. The third-order valence-corrected chi connectivity index (χ3v) is 2.70. The van der Waals surface area contributed by atoms with Gasteiger partial charge >= 0.3 is 0 Å². The molecule has 0 radical (unpaired) electrons. The molecule has 4 nitrogen and oxygen atoms in total. The highest BCUT2D eigenvalue weighted by molar-refractivity contribution is 6.31. The van der Waals surface area contributed by atoms with Crippen molar-refractivity contribution in [2.75, 3.05) is 0 Å². The van der Waals surface area contributed by atoms with Crippen molar-refractivity contribution in [1.29, 1.82) is 0 Å². The summed E-state index contributed by atoms with van der Waals surface area (Å²) in [6.45, 7) is 1.79. The molecule has 17 heavy (non-hydrogen) atoms. The number of nitrogens with zero attached hydrogens (tertiary/aromatic N) is 3. The number of Topliss-reactive ketones (excluding diaryl/α,β-unsaturated/α-hetero) is 1. The van der Waals surface area contributed by atoms with Crippen LogP contribution in [0.15, 0.2) is 24.4 Å². The molecule has 0 saturated heterocycles. The summed E-state index contributed by atoms with van der Waals surface area (Å²) in [4.78, 5) is 11.8. The molecule has 0 aliphatic heterocycles. The minimum Gasteiger partial charge on any atom is -0.294 e. The van der Waals surface area contributed by atoms with E-state index in [4.69, 9.17) is 23.2 Å². The Bertz CT molecular complexity index is 566. The van der Waals surface area contributed by atoms with Crippen LogP contribution in [0.3, 0.4) is 0 Å². The fourth-order valence-corrected chi connectivity index (χ4v) is 1.78. The summed E-state index contributed by atoms with van der Waals surface area (Å²) in [5.41, 5.74) is 1.14. The number of halogens is 2. The van der Waals surface area contributed by atoms with Gasteiger partial charge < -0.3 is 0 Å². The van der Waals surface area contributed by atoms with Crippen LogP contribution in [0.2, 0.25) is 10.2 Å². The average Bonchev–Trinajstić information content (AvgIpc) is 2.74. The van der Waals surface area contributed by atoms with Crippen LogP contribution < -0.4 is 0 Å². The molecule has 1 heterocycles.